The fraction of sp³-hybridized carbons (Fsp3) is 0.619. The predicted octanol–water partition coefficient (Wildman–Crippen LogP) is 3.09. The van der Waals surface area contributed by atoms with Gasteiger partial charge in [-0.15, -0.1) is 0 Å². The van der Waals surface area contributed by atoms with Gasteiger partial charge in [0, 0.05) is 30.8 Å². The van der Waals surface area contributed by atoms with Crippen molar-refractivity contribution in [2.24, 2.45) is 7.05 Å². The van der Waals surface area contributed by atoms with Crippen molar-refractivity contribution in [1.29, 1.82) is 0 Å². The van der Waals surface area contributed by atoms with Gasteiger partial charge >= 0.3 is 6.09 Å². The lowest BCUT2D eigenvalue weighted by Gasteiger charge is -2.14. The minimum Gasteiger partial charge on any atom is -0.446 e. The molecule has 0 aromatic carbocycles. The molecule has 1 fully saturated rings. The highest BCUT2D eigenvalue weighted by molar-refractivity contribution is 6.02. The van der Waals surface area contributed by atoms with E-state index in [1.807, 2.05) is 33.8 Å². The molecule has 2 heterocycles. The van der Waals surface area contributed by atoms with E-state index < -0.39 is 0 Å². The van der Waals surface area contributed by atoms with Gasteiger partial charge in [0.1, 0.15) is 11.8 Å². The van der Waals surface area contributed by atoms with E-state index in [-0.39, 0.29) is 36.2 Å². The lowest BCUT2D eigenvalue weighted by molar-refractivity contribution is 0.0633. The molecule has 1 aliphatic carbocycles. The van der Waals surface area contributed by atoms with Gasteiger partial charge in [-0.05, 0) is 53.0 Å². The van der Waals surface area contributed by atoms with E-state index in [0.717, 1.165) is 25.0 Å². The molecule has 31 heavy (non-hydrogen) atoms. The molecule has 3 rings (SSSR count). The summed E-state index contributed by atoms with van der Waals surface area (Å²) >= 11 is 0. The predicted molar refractivity (Wildman–Crippen MR) is 115 cm³/mol. The second-order valence-electron chi connectivity index (χ2n) is 8.50. The number of ether oxygens (including phenoxy) is 2. The lowest BCUT2D eigenvalue weighted by Crippen LogP contribution is -2.33. The van der Waals surface area contributed by atoms with E-state index in [0.29, 0.717) is 23.8 Å². The van der Waals surface area contributed by atoms with Crippen LogP contribution in [0.4, 0.5) is 10.6 Å². The molecule has 2 amide bonds. The Labute approximate surface area is 182 Å². The van der Waals surface area contributed by atoms with Crippen molar-refractivity contribution < 1.29 is 19.1 Å². The van der Waals surface area contributed by atoms with Gasteiger partial charge < -0.3 is 20.1 Å². The first-order valence-corrected chi connectivity index (χ1v) is 10.7. The van der Waals surface area contributed by atoms with E-state index in [1.165, 1.54) is 4.68 Å². The third-order valence-corrected chi connectivity index (χ3v) is 5.07. The van der Waals surface area contributed by atoms with E-state index in [1.54, 1.807) is 13.1 Å². The first-order valence-electron chi connectivity index (χ1n) is 10.7. The van der Waals surface area contributed by atoms with E-state index >= 15 is 0 Å². The molecule has 2 atom stereocenters. The van der Waals surface area contributed by atoms with Crippen LogP contribution in [0.15, 0.2) is 12.1 Å². The summed E-state index contributed by atoms with van der Waals surface area (Å²) in [6.45, 7) is 8.04. The molecule has 3 N–H and O–H groups in total. The Bertz CT molecular complexity index is 904. The quantitative estimate of drug-likeness (QED) is 0.589. The molecule has 2 aromatic heterocycles. The van der Waals surface area contributed by atoms with Crippen LogP contribution in [0, 0.1) is 0 Å². The van der Waals surface area contributed by atoms with Gasteiger partial charge in [0.2, 0.25) is 0 Å². The maximum atomic E-state index is 12.6. The number of amides is 2. The van der Waals surface area contributed by atoms with Crippen molar-refractivity contribution >= 4 is 17.8 Å². The zero-order chi connectivity index (χ0) is 22.5. The van der Waals surface area contributed by atoms with Crippen molar-refractivity contribution in [3.8, 4) is 0 Å². The number of aromatic nitrogens is 4. The molecule has 10 heteroatoms. The van der Waals surface area contributed by atoms with Crippen LogP contribution in [0.1, 0.15) is 74.8 Å². The average molecular weight is 433 g/mol. The van der Waals surface area contributed by atoms with Gasteiger partial charge in [0.25, 0.3) is 5.91 Å². The van der Waals surface area contributed by atoms with Crippen molar-refractivity contribution in [2.75, 3.05) is 5.32 Å². The van der Waals surface area contributed by atoms with E-state index in [9.17, 15) is 9.59 Å². The van der Waals surface area contributed by atoms with Crippen LogP contribution < -0.4 is 10.6 Å². The van der Waals surface area contributed by atoms with Gasteiger partial charge in [0.05, 0.1) is 18.4 Å². The molecule has 0 spiro atoms. The third kappa shape index (κ3) is 6.30. The molecule has 2 aromatic rings. The highest BCUT2D eigenvalue weighted by Crippen LogP contribution is 2.35. The second kappa shape index (κ2) is 9.95. The number of nitrogens with zero attached hydrogens (tertiary/aromatic N) is 3. The minimum atomic E-state index is -0.382. The Morgan fingerprint density at radius 2 is 2.03 bits per heavy atom. The number of aryl methyl sites for hydroxylation is 1. The van der Waals surface area contributed by atoms with Gasteiger partial charge in [-0.3, -0.25) is 14.6 Å². The number of nitrogens with one attached hydrogen (secondary N) is 3. The number of anilines is 1. The topological polar surface area (TPSA) is 123 Å². The lowest BCUT2D eigenvalue weighted by atomic mass is 10.0. The summed E-state index contributed by atoms with van der Waals surface area (Å²) in [6, 6.07) is 3.59. The monoisotopic (exact) mass is 432 g/mol. The Kier molecular flexibility index (Phi) is 7.32. The molecule has 0 unspecified atom stereocenters. The normalized spacial score (nSPS) is 18.5. The van der Waals surface area contributed by atoms with Gasteiger partial charge in [0.15, 0.2) is 5.82 Å². The molecule has 170 valence electrons. The smallest absolute Gasteiger partial charge is 0.407 e. The van der Waals surface area contributed by atoms with Crippen molar-refractivity contribution in [3.63, 3.8) is 0 Å². The zero-order valence-corrected chi connectivity index (χ0v) is 18.8. The summed E-state index contributed by atoms with van der Waals surface area (Å²) in [4.78, 5) is 24.4. The van der Waals surface area contributed by atoms with E-state index in [4.69, 9.17) is 9.47 Å². The fourth-order valence-corrected chi connectivity index (χ4v) is 3.60. The van der Waals surface area contributed by atoms with Crippen molar-refractivity contribution in [2.45, 2.75) is 77.7 Å². The van der Waals surface area contributed by atoms with Crippen molar-refractivity contribution in [3.05, 3.63) is 29.2 Å². The fourth-order valence-electron chi connectivity index (χ4n) is 3.60. The summed E-state index contributed by atoms with van der Waals surface area (Å²) in [5.74, 6) is 0.358. The Hall–Kier alpha value is -2.88. The molecular weight excluding hydrogens is 400 g/mol. The maximum Gasteiger partial charge on any atom is 0.407 e. The van der Waals surface area contributed by atoms with Crippen LogP contribution in [0.3, 0.4) is 0 Å². The summed E-state index contributed by atoms with van der Waals surface area (Å²) < 4.78 is 12.6. The minimum absolute atomic E-state index is 0.0433. The van der Waals surface area contributed by atoms with E-state index in [2.05, 4.69) is 25.9 Å². The van der Waals surface area contributed by atoms with Crippen LogP contribution in [0.2, 0.25) is 0 Å². The number of H-pyrrole nitrogens is 1. The van der Waals surface area contributed by atoms with Crippen LogP contribution in [0.25, 0.3) is 0 Å². The highest BCUT2D eigenvalue weighted by atomic mass is 16.6. The molecular formula is C21H32N6O4. The molecule has 0 radical (unpaired) electrons. The first kappa shape index (κ1) is 22.8. The molecule has 0 bridgehead atoms. The Morgan fingerprint density at radius 3 is 2.74 bits per heavy atom. The van der Waals surface area contributed by atoms with Gasteiger partial charge in [-0.1, -0.05) is 0 Å². The van der Waals surface area contributed by atoms with Crippen molar-refractivity contribution in [1.82, 2.24) is 25.3 Å². The molecule has 0 aliphatic heterocycles. The number of carbonyl (C=O) groups is 2. The maximum absolute atomic E-state index is 12.6. The standard InChI is InChI=1S/C21H32N6O4/c1-12(2)22-21(29)31-16-7-6-14(8-16)17-10-19(25-24-17)23-20(28)18-9-15(26-27(18)5)11-30-13(3)4/h9-10,12-14,16H,6-8,11H2,1-5H3,(H,22,29)(H2,23,24,25,28)/t14-,16+/m0/s1. The molecule has 0 saturated heterocycles. The largest absolute Gasteiger partial charge is 0.446 e. The van der Waals surface area contributed by atoms with Gasteiger partial charge in [-0.25, -0.2) is 4.79 Å². The number of alkyl carbamates (subject to hydrolysis) is 1. The van der Waals surface area contributed by atoms with Crippen LogP contribution in [-0.4, -0.2) is 50.2 Å². The highest BCUT2D eigenvalue weighted by Gasteiger charge is 2.30. The van der Waals surface area contributed by atoms with Crippen LogP contribution in [-0.2, 0) is 23.1 Å². The Balaban J connectivity index is 1.54. The third-order valence-electron chi connectivity index (χ3n) is 5.07. The van der Waals surface area contributed by atoms with Crippen LogP contribution in [0.5, 0.6) is 0 Å². The van der Waals surface area contributed by atoms with Gasteiger partial charge in [-0.2, -0.15) is 10.2 Å². The molecule has 1 aliphatic rings. The molecule has 10 nitrogen and oxygen atoms in total. The number of carbonyl (C=O) groups excluding carboxylic acids is 2. The average Bonchev–Trinajstić information content (AvgIpc) is 3.39. The number of rotatable bonds is 8. The number of hydrogen-bond donors (Lipinski definition) is 3. The second-order valence-corrected chi connectivity index (χ2v) is 8.50. The number of hydrogen-bond acceptors (Lipinski definition) is 6. The Morgan fingerprint density at radius 1 is 1.26 bits per heavy atom. The first-order chi connectivity index (χ1) is 14.7. The number of aromatic amines is 1. The SMILES string of the molecule is CC(C)NC(=O)O[C@@H]1CC[C@H](c2cc(NC(=O)c3cc(COC(C)C)nn3C)n[nH]2)C1. The van der Waals surface area contributed by atoms with Crippen LogP contribution >= 0.6 is 0 Å². The summed E-state index contributed by atoms with van der Waals surface area (Å²) in [7, 11) is 1.72. The summed E-state index contributed by atoms with van der Waals surface area (Å²) in [5.41, 5.74) is 2.04. The molecule has 1 saturated carbocycles. The summed E-state index contributed by atoms with van der Waals surface area (Å²) in [5, 5.41) is 17.1. The summed E-state index contributed by atoms with van der Waals surface area (Å²) in [6.07, 6.45) is 2.00. The zero-order valence-electron chi connectivity index (χ0n) is 18.8.